The number of halogens is 1. The van der Waals surface area contributed by atoms with Crippen LogP contribution in [0.5, 0.6) is 6.01 Å². The van der Waals surface area contributed by atoms with Gasteiger partial charge in [0.2, 0.25) is 11.2 Å². The Hall–Kier alpha value is -1.63. The highest BCUT2D eigenvalue weighted by molar-refractivity contribution is 6.28. The molecule has 1 N–H and O–H groups in total. The van der Waals surface area contributed by atoms with Gasteiger partial charge in [0.15, 0.2) is 0 Å². The summed E-state index contributed by atoms with van der Waals surface area (Å²) < 4.78 is 4.87. The minimum absolute atomic E-state index is 0.0112. The van der Waals surface area contributed by atoms with Crippen LogP contribution in [-0.4, -0.2) is 45.7 Å². The van der Waals surface area contributed by atoms with Crippen molar-refractivity contribution in [1.29, 1.82) is 0 Å². The standard InChI is InChI=1S/C9H11ClN4O3/c1-17-9-12-7(10)11-8(13-9)14-4-2-3-5(14)6(15)16/h5H,2-4H2,1H3,(H,15,16). The van der Waals surface area contributed by atoms with Crippen LogP contribution in [0.1, 0.15) is 12.8 Å². The summed E-state index contributed by atoms with van der Waals surface area (Å²) in [5, 5.41) is 9.05. The van der Waals surface area contributed by atoms with Crippen LogP contribution in [0, 0.1) is 0 Å². The van der Waals surface area contributed by atoms with Crippen LogP contribution in [0.25, 0.3) is 0 Å². The van der Waals surface area contributed by atoms with Crippen LogP contribution >= 0.6 is 11.6 Å². The number of anilines is 1. The molecule has 1 unspecified atom stereocenters. The van der Waals surface area contributed by atoms with Crippen LogP contribution in [0.2, 0.25) is 5.28 Å². The van der Waals surface area contributed by atoms with Crippen molar-refractivity contribution < 1.29 is 14.6 Å². The van der Waals surface area contributed by atoms with Crippen molar-refractivity contribution in [1.82, 2.24) is 15.0 Å². The van der Waals surface area contributed by atoms with Gasteiger partial charge < -0.3 is 14.7 Å². The SMILES string of the molecule is COc1nc(Cl)nc(N2CCCC2C(=O)O)n1. The normalized spacial score (nSPS) is 19.4. The third-order valence-electron chi connectivity index (χ3n) is 2.55. The molecule has 7 nitrogen and oxygen atoms in total. The molecule has 2 rings (SSSR count). The smallest absolute Gasteiger partial charge is 0.326 e. The van der Waals surface area contributed by atoms with E-state index in [1.807, 2.05) is 0 Å². The second-order valence-electron chi connectivity index (χ2n) is 3.58. The average Bonchev–Trinajstić information content (AvgIpc) is 2.77. The van der Waals surface area contributed by atoms with Crippen LogP contribution in [0.3, 0.4) is 0 Å². The van der Waals surface area contributed by atoms with E-state index in [1.165, 1.54) is 7.11 Å². The molecule has 8 heteroatoms. The number of ether oxygens (including phenoxy) is 1. The number of methoxy groups -OCH3 is 1. The molecule has 92 valence electrons. The van der Waals surface area contributed by atoms with Gasteiger partial charge in [0.05, 0.1) is 7.11 Å². The van der Waals surface area contributed by atoms with E-state index in [2.05, 4.69) is 15.0 Å². The number of aliphatic carboxylic acids is 1. The first-order valence-corrected chi connectivity index (χ1v) is 5.44. The lowest BCUT2D eigenvalue weighted by atomic mass is 10.2. The zero-order chi connectivity index (χ0) is 12.4. The lowest BCUT2D eigenvalue weighted by Crippen LogP contribution is -2.37. The number of aromatic nitrogens is 3. The molecule has 0 bridgehead atoms. The first-order valence-electron chi connectivity index (χ1n) is 5.07. The van der Waals surface area contributed by atoms with Crippen molar-refractivity contribution in [3.63, 3.8) is 0 Å². The number of hydrogen-bond donors (Lipinski definition) is 1. The van der Waals surface area contributed by atoms with E-state index in [9.17, 15) is 4.79 Å². The van der Waals surface area contributed by atoms with Gasteiger partial charge in [-0.1, -0.05) is 0 Å². The molecule has 0 saturated carbocycles. The third-order valence-corrected chi connectivity index (χ3v) is 2.72. The summed E-state index contributed by atoms with van der Waals surface area (Å²) in [5.74, 6) is -0.648. The van der Waals surface area contributed by atoms with Gasteiger partial charge in [0.1, 0.15) is 6.04 Å². The molecule has 17 heavy (non-hydrogen) atoms. The lowest BCUT2D eigenvalue weighted by molar-refractivity contribution is -0.138. The first-order chi connectivity index (χ1) is 8.11. The predicted octanol–water partition coefficient (Wildman–Crippen LogP) is 0.587. The molecule has 1 atom stereocenters. The molecule has 1 fully saturated rings. The van der Waals surface area contributed by atoms with E-state index >= 15 is 0 Å². The monoisotopic (exact) mass is 258 g/mol. The summed E-state index contributed by atoms with van der Waals surface area (Å²) in [6.07, 6.45) is 1.35. The molecular formula is C9H11ClN4O3. The summed E-state index contributed by atoms with van der Waals surface area (Å²) >= 11 is 5.72. The maximum atomic E-state index is 11.0. The van der Waals surface area contributed by atoms with Crippen molar-refractivity contribution in [2.24, 2.45) is 0 Å². The Morgan fingerprint density at radius 2 is 2.29 bits per heavy atom. The highest BCUT2D eigenvalue weighted by Gasteiger charge is 2.32. The number of nitrogens with zero attached hydrogens (tertiary/aromatic N) is 4. The molecule has 1 aromatic heterocycles. The molecule has 0 aromatic carbocycles. The molecule has 0 aliphatic carbocycles. The molecule has 0 radical (unpaired) electrons. The third kappa shape index (κ3) is 2.38. The summed E-state index contributed by atoms with van der Waals surface area (Å²) in [4.78, 5) is 24.3. The minimum atomic E-state index is -0.891. The van der Waals surface area contributed by atoms with Gasteiger partial charge in [-0.2, -0.15) is 15.0 Å². The van der Waals surface area contributed by atoms with Crippen LogP contribution in [0.4, 0.5) is 5.95 Å². The average molecular weight is 259 g/mol. The first kappa shape index (κ1) is 11.8. The van der Waals surface area contributed by atoms with Gasteiger partial charge >= 0.3 is 12.0 Å². The number of carbonyl (C=O) groups is 1. The van der Waals surface area contributed by atoms with Crippen molar-refractivity contribution in [2.75, 3.05) is 18.6 Å². The van der Waals surface area contributed by atoms with Gasteiger partial charge in [-0.15, -0.1) is 0 Å². The highest BCUT2D eigenvalue weighted by atomic mass is 35.5. The number of carboxylic acids is 1. The lowest BCUT2D eigenvalue weighted by Gasteiger charge is -2.21. The van der Waals surface area contributed by atoms with Crippen LogP contribution < -0.4 is 9.64 Å². The largest absolute Gasteiger partial charge is 0.480 e. The van der Waals surface area contributed by atoms with Crippen molar-refractivity contribution in [2.45, 2.75) is 18.9 Å². The molecule has 1 aromatic rings. The number of rotatable bonds is 3. The summed E-state index contributed by atoms with van der Waals surface area (Å²) in [7, 11) is 1.41. The van der Waals surface area contributed by atoms with Crippen molar-refractivity contribution >= 4 is 23.5 Å². The molecular weight excluding hydrogens is 248 g/mol. The Labute approximate surface area is 102 Å². The molecule has 0 spiro atoms. The zero-order valence-corrected chi connectivity index (χ0v) is 9.89. The molecule has 1 aliphatic rings. The highest BCUT2D eigenvalue weighted by Crippen LogP contribution is 2.24. The maximum Gasteiger partial charge on any atom is 0.326 e. The summed E-state index contributed by atoms with van der Waals surface area (Å²) in [6, 6.07) is -0.533. The molecule has 1 aliphatic heterocycles. The van der Waals surface area contributed by atoms with Gasteiger partial charge in [-0.05, 0) is 24.4 Å². The van der Waals surface area contributed by atoms with Gasteiger partial charge in [-0.25, -0.2) is 4.79 Å². The Morgan fingerprint density at radius 3 is 2.94 bits per heavy atom. The zero-order valence-electron chi connectivity index (χ0n) is 9.13. The summed E-state index contributed by atoms with van der Waals surface area (Å²) in [5.41, 5.74) is 0. The van der Waals surface area contributed by atoms with Crippen molar-refractivity contribution in [3.8, 4) is 6.01 Å². The van der Waals surface area contributed by atoms with E-state index in [0.717, 1.165) is 6.42 Å². The fourth-order valence-electron chi connectivity index (χ4n) is 1.80. The van der Waals surface area contributed by atoms with Gasteiger partial charge in [-0.3, -0.25) is 0 Å². The Balaban J connectivity index is 2.32. The summed E-state index contributed by atoms with van der Waals surface area (Å²) in [6.45, 7) is 0.584. The second kappa shape index (κ2) is 4.70. The van der Waals surface area contributed by atoms with E-state index in [1.54, 1.807) is 4.90 Å². The van der Waals surface area contributed by atoms with Crippen LogP contribution in [0.15, 0.2) is 0 Å². The second-order valence-corrected chi connectivity index (χ2v) is 3.92. The topological polar surface area (TPSA) is 88.4 Å². The van der Waals surface area contributed by atoms with Crippen LogP contribution in [-0.2, 0) is 4.79 Å². The van der Waals surface area contributed by atoms with E-state index in [-0.39, 0.29) is 17.2 Å². The maximum absolute atomic E-state index is 11.0. The van der Waals surface area contributed by atoms with E-state index < -0.39 is 12.0 Å². The minimum Gasteiger partial charge on any atom is -0.480 e. The Bertz CT molecular complexity index is 442. The van der Waals surface area contributed by atoms with E-state index in [0.29, 0.717) is 13.0 Å². The molecule has 2 heterocycles. The van der Waals surface area contributed by atoms with E-state index in [4.69, 9.17) is 21.4 Å². The molecule has 1 saturated heterocycles. The predicted molar refractivity (Wildman–Crippen MR) is 59.4 cm³/mol. The molecule has 0 amide bonds. The Morgan fingerprint density at radius 1 is 1.53 bits per heavy atom. The quantitative estimate of drug-likeness (QED) is 0.849. The number of carboxylic acid groups (broad SMARTS) is 1. The fraction of sp³-hybridized carbons (Fsp3) is 0.556. The van der Waals surface area contributed by atoms with Crippen molar-refractivity contribution in [3.05, 3.63) is 5.28 Å². The number of hydrogen-bond acceptors (Lipinski definition) is 6. The van der Waals surface area contributed by atoms with Gasteiger partial charge in [0, 0.05) is 6.54 Å². The fourth-order valence-corrected chi connectivity index (χ4v) is 1.95. The Kier molecular flexibility index (Phi) is 3.28. The van der Waals surface area contributed by atoms with Gasteiger partial charge in [0.25, 0.3) is 0 Å².